The maximum atomic E-state index is 3.56. The molecule has 0 aliphatic heterocycles. The minimum absolute atomic E-state index is 1.01. The molecule has 0 aromatic heterocycles. The number of rotatable bonds is 2. The fraction of sp³-hybridized carbons (Fsp3) is 0. The first-order valence-corrected chi connectivity index (χ1v) is 13.0. The Morgan fingerprint density at radius 2 is 0.868 bits per heavy atom. The van der Waals surface area contributed by atoms with Crippen molar-refractivity contribution in [2.75, 3.05) is 0 Å². The standard InChI is InChI=1S/C38H24/c1-2-10-28(11-3-1)30-21-18-27(19-22-30)20-25-35-33-14-6-8-16-36(33)38(37-17-9-7-15-34(35)37)32-24-23-29-12-4-5-13-31(29)26-32/h1-19,21-24,26H. The van der Waals surface area contributed by atoms with Crippen LogP contribution in [0.1, 0.15) is 11.1 Å². The molecule has 0 N–H and O–H groups in total. The average Bonchev–Trinajstić information content (AvgIpc) is 3.00. The van der Waals surface area contributed by atoms with Gasteiger partial charge in [-0.3, -0.25) is 0 Å². The van der Waals surface area contributed by atoms with Crippen LogP contribution in [0.5, 0.6) is 0 Å². The molecule has 0 radical (unpaired) electrons. The van der Waals surface area contributed by atoms with Crippen molar-refractivity contribution in [3.05, 3.63) is 157 Å². The van der Waals surface area contributed by atoms with Crippen molar-refractivity contribution in [2.45, 2.75) is 0 Å². The summed E-state index contributed by atoms with van der Waals surface area (Å²) >= 11 is 0. The predicted octanol–water partition coefficient (Wildman–Crippen LogP) is 9.88. The Bertz CT molecular complexity index is 1940. The molecule has 0 spiro atoms. The van der Waals surface area contributed by atoms with E-state index in [1.54, 1.807) is 0 Å². The van der Waals surface area contributed by atoms with E-state index in [9.17, 15) is 0 Å². The summed E-state index contributed by atoms with van der Waals surface area (Å²) in [5, 5.41) is 7.33. The van der Waals surface area contributed by atoms with Crippen molar-refractivity contribution >= 4 is 32.3 Å². The maximum Gasteiger partial charge on any atom is 0.0406 e. The highest BCUT2D eigenvalue weighted by atomic mass is 14.2. The molecule has 0 bridgehead atoms. The first kappa shape index (κ1) is 22.1. The Kier molecular flexibility index (Phi) is 5.47. The van der Waals surface area contributed by atoms with Gasteiger partial charge in [-0.15, -0.1) is 0 Å². The van der Waals surface area contributed by atoms with Crippen LogP contribution < -0.4 is 0 Å². The molecule has 0 nitrogen and oxygen atoms in total. The van der Waals surface area contributed by atoms with Crippen molar-refractivity contribution in [2.24, 2.45) is 0 Å². The molecule has 0 fully saturated rings. The predicted molar refractivity (Wildman–Crippen MR) is 162 cm³/mol. The van der Waals surface area contributed by atoms with Crippen LogP contribution in [0.25, 0.3) is 54.6 Å². The Hall–Kier alpha value is -5.12. The minimum atomic E-state index is 1.01. The van der Waals surface area contributed by atoms with E-state index in [4.69, 9.17) is 0 Å². The smallest absolute Gasteiger partial charge is 0.0406 e. The van der Waals surface area contributed by atoms with E-state index in [0.717, 1.165) is 11.1 Å². The Balaban J connectivity index is 1.41. The van der Waals surface area contributed by atoms with E-state index in [-0.39, 0.29) is 0 Å². The second-order valence-corrected chi connectivity index (χ2v) is 9.60. The number of hydrogen-bond acceptors (Lipinski definition) is 0. The van der Waals surface area contributed by atoms with Crippen LogP contribution in [-0.4, -0.2) is 0 Å². The summed E-state index contributed by atoms with van der Waals surface area (Å²) in [4.78, 5) is 0. The van der Waals surface area contributed by atoms with Crippen LogP contribution in [0.4, 0.5) is 0 Å². The van der Waals surface area contributed by atoms with Gasteiger partial charge in [0.15, 0.2) is 0 Å². The number of hydrogen-bond donors (Lipinski definition) is 0. The normalized spacial score (nSPS) is 10.9. The van der Waals surface area contributed by atoms with Crippen LogP contribution in [0.2, 0.25) is 0 Å². The molecule has 0 atom stereocenters. The molecule has 0 saturated carbocycles. The van der Waals surface area contributed by atoms with E-state index in [1.165, 1.54) is 54.6 Å². The molecule has 0 amide bonds. The highest BCUT2D eigenvalue weighted by Gasteiger charge is 2.14. The van der Waals surface area contributed by atoms with Crippen molar-refractivity contribution < 1.29 is 0 Å². The van der Waals surface area contributed by atoms with Gasteiger partial charge in [-0.05, 0) is 72.8 Å². The van der Waals surface area contributed by atoms with E-state index in [0.29, 0.717) is 0 Å². The van der Waals surface area contributed by atoms with Crippen LogP contribution in [0.3, 0.4) is 0 Å². The van der Waals surface area contributed by atoms with Crippen molar-refractivity contribution in [3.8, 4) is 34.1 Å². The lowest BCUT2D eigenvalue weighted by Crippen LogP contribution is -1.90. The molecule has 38 heavy (non-hydrogen) atoms. The summed E-state index contributed by atoms with van der Waals surface area (Å²) in [7, 11) is 0. The molecule has 0 saturated heterocycles. The lowest BCUT2D eigenvalue weighted by molar-refractivity contribution is 1.59. The van der Waals surface area contributed by atoms with Crippen molar-refractivity contribution in [1.82, 2.24) is 0 Å². The second-order valence-electron chi connectivity index (χ2n) is 9.60. The molecule has 0 heterocycles. The summed E-state index contributed by atoms with van der Waals surface area (Å²) in [5.74, 6) is 7.02. The van der Waals surface area contributed by atoms with E-state index < -0.39 is 0 Å². The Labute approximate surface area is 222 Å². The lowest BCUT2D eigenvalue weighted by atomic mass is 9.88. The van der Waals surface area contributed by atoms with Crippen molar-refractivity contribution in [3.63, 3.8) is 0 Å². The second kappa shape index (κ2) is 9.40. The Morgan fingerprint density at radius 1 is 0.342 bits per heavy atom. The van der Waals surface area contributed by atoms with Gasteiger partial charge in [0.2, 0.25) is 0 Å². The van der Waals surface area contributed by atoms with E-state index in [2.05, 4.69) is 151 Å². The van der Waals surface area contributed by atoms with E-state index >= 15 is 0 Å². The number of benzene rings is 7. The highest BCUT2D eigenvalue weighted by Crippen LogP contribution is 2.39. The van der Waals surface area contributed by atoms with Gasteiger partial charge in [0.05, 0.1) is 0 Å². The third-order valence-electron chi connectivity index (χ3n) is 7.29. The molecule has 7 rings (SSSR count). The molecule has 7 aromatic carbocycles. The van der Waals surface area contributed by atoms with Gasteiger partial charge in [-0.1, -0.05) is 139 Å². The zero-order valence-electron chi connectivity index (χ0n) is 20.9. The zero-order valence-corrected chi connectivity index (χ0v) is 20.9. The summed E-state index contributed by atoms with van der Waals surface area (Å²) in [6, 6.07) is 51.7. The van der Waals surface area contributed by atoms with Gasteiger partial charge >= 0.3 is 0 Å². The van der Waals surface area contributed by atoms with Gasteiger partial charge < -0.3 is 0 Å². The summed E-state index contributed by atoms with van der Waals surface area (Å²) < 4.78 is 0. The average molecular weight is 481 g/mol. The third-order valence-corrected chi connectivity index (χ3v) is 7.29. The first-order chi connectivity index (χ1) is 18.8. The maximum absolute atomic E-state index is 3.56. The molecule has 0 aliphatic rings. The zero-order chi connectivity index (χ0) is 25.3. The van der Waals surface area contributed by atoms with E-state index in [1.807, 2.05) is 6.07 Å². The molecule has 0 unspecified atom stereocenters. The van der Waals surface area contributed by atoms with Gasteiger partial charge in [0.1, 0.15) is 0 Å². The fourth-order valence-electron chi connectivity index (χ4n) is 5.43. The molecule has 176 valence electrons. The SMILES string of the molecule is C(#Cc1c2ccccc2c(-c2ccc3ccccc3c2)c2ccccc12)c1ccc(-c2ccccc2)cc1. The van der Waals surface area contributed by atoms with Crippen LogP contribution in [0, 0.1) is 11.8 Å². The molecular formula is C38H24. The van der Waals surface area contributed by atoms with Crippen LogP contribution in [0.15, 0.2) is 146 Å². The molecule has 7 aromatic rings. The third kappa shape index (κ3) is 3.92. The summed E-state index contributed by atoms with van der Waals surface area (Å²) in [5.41, 5.74) is 7.00. The van der Waals surface area contributed by atoms with Gasteiger partial charge in [-0.25, -0.2) is 0 Å². The van der Waals surface area contributed by atoms with Crippen molar-refractivity contribution in [1.29, 1.82) is 0 Å². The van der Waals surface area contributed by atoms with Crippen LogP contribution >= 0.6 is 0 Å². The molecule has 0 aliphatic carbocycles. The molecule has 0 heteroatoms. The summed E-state index contributed by atoms with van der Waals surface area (Å²) in [6.45, 7) is 0. The highest BCUT2D eigenvalue weighted by molar-refractivity contribution is 6.16. The fourth-order valence-corrected chi connectivity index (χ4v) is 5.43. The quantitative estimate of drug-likeness (QED) is 0.171. The lowest BCUT2D eigenvalue weighted by Gasteiger charge is -2.15. The van der Waals surface area contributed by atoms with Crippen LogP contribution in [-0.2, 0) is 0 Å². The summed E-state index contributed by atoms with van der Waals surface area (Å²) in [6.07, 6.45) is 0. The topological polar surface area (TPSA) is 0 Å². The van der Waals surface area contributed by atoms with Gasteiger partial charge in [-0.2, -0.15) is 0 Å². The van der Waals surface area contributed by atoms with Gasteiger partial charge in [0.25, 0.3) is 0 Å². The monoisotopic (exact) mass is 480 g/mol. The molecular weight excluding hydrogens is 456 g/mol. The number of fused-ring (bicyclic) bond motifs is 3. The Morgan fingerprint density at radius 3 is 1.55 bits per heavy atom. The minimum Gasteiger partial charge on any atom is -0.0622 e. The van der Waals surface area contributed by atoms with Gasteiger partial charge in [0, 0.05) is 11.1 Å². The largest absolute Gasteiger partial charge is 0.0622 e. The first-order valence-electron chi connectivity index (χ1n) is 13.0.